The zero-order chi connectivity index (χ0) is 21.7. The van der Waals surface area contributed by atoms with Crippen molar-refractivity contribution < 1.29 is 24.2 Å². The molecule has 1 amide bonds. The molecular formula is C23H32N2O5. The summed E-state index contributed by atoms with van der Waals surface area (Å²) < 4.78 is 5.21. The number of carboxylic acid groups (broad SMARTS) is 1. The highest BCUT2D eigenvalue weighted by Gasteiger charge is 2.49. The minimum Gasteiger partial charge on any atom is -0.480 e. The summed E-state index contributed by atoms with van der Waals surface area (Å²) >= 11 is 0. The number of hydrogen-bond donors (Lipinski definition) is 2. The van der Waals surface area contributed by atoms with Gasteiger partial charge in [-0.25, -0.2) is 4.79 Å². The van der Waals surface area contributed by atoms with Gasteiger partial charge in [-0.3, -0.25) is 14.9 Å². The van der Waals surface area contributed by atoms with Gasteiger partial charge < -0.3 is 14.7 Å². The Bertz CT molecular complexity index is 753. The molecule has 7 heteroatoms. The maximum absolute atomic E-state index is 13.2. The van der Waals surface area contributed by atoms with E-state index in [1.165, 1.54) is 0 Å². The molecule has 0 spiro atoms. The first-order valence-corrected chi connectivity index (χ1v) is 10.9. The Morgan fingerprint density at radius 2 is 1.97 bits per heavy atom. The highest BCUT2D eigenvalue weighted by molar-refractivity contribution is 5.88. The summed E-state index contributed by atoms with van der Waals surface area (Å²) in [6.45, 7) is 3.72. The minimum atomic E-state index is -0.948. The van der Waals surface area contributed by atoms with Crippen LogP contribution >= 0.6 is 0 Å². The third kappa shape index (κ3) is 5.01. The van der Waals surface area contributed by atoms with Gasteiger partial charge in [0.15, 0.2) is 0 Å². The van der Waals surface area contributed by atoms with Crippen molar-refractivity contribution in [1.82, 2.24) is 10.2 Å². The number of likely N-dealkylation sites (tertiary alicyclic amines) is 1. The molecule has 1 unspecified atom stereocenters. The lowest BCUT2D eigenvalue weighted by atomic mass is 10.0. The van der Waals surface area contributed by atoms with E-state index in [0.717, 1.165) is 24.8 Å². The topological polar surface area (TPSA) is 95.9 Å². The number of carbonyl (C=O) groups excluding carboxylic acids is 2. The van der Waals surface area contributed by atoms with Crippen molar-refractivity contribution in [3.63, 3.8) is 0 Å². The number of nitrogens with zero attached hydrogens (tertiary/aromatic N) is 1. The fourth-order valence-electron chi connectivity index (χ4n) is 4.89. The average Bonchev–Trinajstić information content (AvgIpc) is 3.32. The van der Waals surface area contributed by atoms with Crippen LogP contribution in [0.1, 0.15) is 51.5 Å². The number of aliphatic carboxylic acids is 1. The van der Waals surface area contributed by atoms with Crippen molar-refractivity contribution in [3.8, 4) is 0 Å². The lowest BCUT2D eigenvalue weighted by Gasteiger charge is -2.31. The van der Waals surface area contributed by atoms with Crippen LogP contribution < -0.4 is 5.32 Å². The van der Waals surface area contributed by atoms with Gasteiger partial charge in [0.25, 0.3) is 0 Å². The molecule has 1 aromatic carbocycles. The van der Waals surface area contributed by atoms with Crippen LogP contribution in [0.5, 0.6) is 0 Å². The number of benzene rings is 1. The highest BCUT2D eigenvalue weighted by Crippen LogP contribution is 2.41. The molecule has 1 saturated heterocycles. The monoisotopic (exact) mass is 416 g/mol. The fourth-order valence-corrected chi connectivity index (χ4v) is 4.89. The number of aryl methyl sites for hydroxylation is 1. The van der Waals surface area contributed by atoms with E-state index in [9.17, 15) is 19.5 Å². The highest BCUT2D eigenvalue weighted by atomic mass is 16.5. The first-order valence-electron chi connectivity index (χ1n) is 10.9. The Morgan fingerprint density at radius 1 is 1.23 bits per heavy atom. The Morgan fingerprint density at radius 3 is 2.63 bits per heavy atom. The summed E-state index contributed by atoms with van der Waals surface area (Å²) in [5.74, 6) is -1.31. The third-order valence-corrected chi connectivity index (χ3v) is 6.33. The van der Waals surface area contributed by atoms with E-state index in [2.05, 4.69) is 5.32 Å². The van der Waals surface area contributed by atoms with E-state index in [-0.39, 0.29) is 30.4 Å². The van der Waals surface area contributed by atoms with Crippen molar-refractivity contribution >= 4 is 17.8 Å². The lowest BCUT2D eigenvalue weighted by Crippen LogP contribution is -2.55. The number of hydrogen-bond acceptors (Lipinski definition) is 5. The van der Waals surface area contributed by atoms with Crippen molar-refractivity contribution in [2.45, 2.75) is 76.5 Å². The molecule has 30 heavy (non-hydrogen) atoms. The van der Waals surface area contributed by atoms with E-state index < -0.39 is 24.1 Å². The van der Waals surface area contributed by atoms with Gasteiger partial charge in [-0.15, -0.1) is 0 Å². The van der Waals surface area contributed by atoms with Gasteiger partial charge in [-0.1, -0.05) is 36.8 Å². The van der Waals surface area contributed by atoms with Gasteiger partial charge in [-0.2, -0.15) is 0 Å². The molecule has 2 fully saturated rings. The van der Waals surface area contributed by atoms with Crippen LogP contribution in [-0.4, -0.2) is 58.6 Å². The second kappa shape index (κ2) is 10.1. The molecule has 164 valence electrons. The molecule has 1 aromatic rings. The average molecular weight is 417 g/mol. The van der Waals surface area contributed by atoms with Crippen molar-refractivity contribution in [2.75, 3.05) is 6.61 Å². The normalized spacial score (nSPS) is 24.9. The SMILES string of the molecule is CCOC(=O)[C@@H](CCc1ccccc1)NC(C)C(=O)N1[C@H](C(=O)O)C[C@@H]2CCC[C@@H]21. The standard InChI is InChI=1S/C23H32N2O5/c1-3-30-23(29)18(13-12-16-8-5-4-6-9-16)24-15(2)21(26)25-19-11-7-10-17(19)14-20(25)22(27)28/h4-6,8-9,15,17-20,24H,3,7,10-14H2,1-2H3,(H,27,28)/t15?,17-,18+,19-,20-/m0/s1. The number of fused-ring (bicyclic) bond motifs is 1. The molecule has 1 aliphatic heterocycles. The summed E-state index contributed by atoms with van der Waals surface area (Å²) in [6, 6.07) is 7.76. The molecule has 1 aliphatic carbocycles. The molecule has 1 heterocycles. The molecule has 0 aromatic heterocycles. The number of amides is 1. The number of carboxylic acids is 1. The predicted octanol–water partition coefficient (Wildman–Crippen LogP) is 2.38. The maximum atomic E-state index is 13.2. The number of carbonyl (C=O) groups is 3. The Kier molecular flexibility index (Phi) is 7.48. The van der Waals surface area contributed by atoms with Crippen LogP contribution in [0, 0.1) is 5.92 Å². The fraction of sp³-hybridized carbons (Fsp3) is 0.609. The molecule has 0 bridgehead atoms. The second-order valence-electron chi connectivity index (χ2n) is 8.31. The van der Waals surface area contributed by atoms with Gasteiger partial charge in [0.1, 0.15) is 12.1 Å². The molecule has 3 rings (SSSR count). The zero-order valence-electron chi connectivity index (χ0n) is 17.8. The largest absolute Gasteiger partial charge is 0.480 e. The van der Waals surface area contributed by atoms with Crippen LogP contribution in [0.3, 0.4) is 0 Å². The van der Waals surface area contributed by atoms with Crippen LogP contribution in [0.4, 0.5) is 0 Å². The lowest BCUT2D eigenvalue weighted by molar-refractivity contribution is -0.151. The van der Waals surface area contributed by atoms with Crippen LogP contribution in [0.25, 0.3) is 0 Å². The zero-order valence-corrected chi connectivity index (χ0v) is 17.8. The third-order valence-electron chi connectivity index (χ3n) is 6.33. The molecule has 7 nitrogen and oxygen atoms in total. The van der Waals surface area contributed by atoms with E-state index in [1.54, 1.807) is 18.7 Å². The number of ether oxygens (including phenoxy) is 1. The molecule has 1 saturated carbocycles. The Labute approximate surface area is 177 Å². The van der Waals surface area contributed by atoms with E-state index in [1.807, 2.05) is 30.3 Å². The quantitative estimate of drug-likeness (QED) is 0.600. The smallest absolute Gasteiger partial charge is 0.326 e. The molecule has 2 N–H and O–H groups in total. The first-order chi connectivity index (χ1) is 14.4. The number of rotatable bonds is 9. The summed E-state index contributed by atoms with van der Waals surface area (Å²) in [4.78, 5) is 39.1. The predicted molar refractivity (Wildman–Crippen MR) is 112 cm³/mol. The summed E-state index contributed by atoms with van der Waals surface area (Å²) in [5, 5.41) is 12.8. The van der Waals surface area contributed by atoms with Crippen molar-refractivity contribution in [2.24, 2.45) is 5.92 Å². The Balaban J connectivity index is 1.68. The van der Waals surface area contributed by atoms with Crippen molar-refractivity contribution in [3.05, 3.63) is 35.9 Å². The maximum Gasteiger partial charge on any atom is 0.326 e. The second-order valence-corrected chi connectivity index (χ2v) is 8.31. The van der Waals surface area contributed by atoms with Gasteiger partial charge in [0.2, 0.25) is 5.91 Å². The van der Waals surface area contributed by atoms with E-state index in [4.69, 9.17) is 4.74 Å². The van der Waals surface area contributed by atoms with Crippen LogP contribution in [0.2, 0.25) is 0 Å². The summed E-state index contributed by atoms with van der Waals surface area (Å²) in [7, 11) is 0. The summed E-state index contributed by atoms with van der Waals surface area (Å²) in [5.41, 5.74) is 1.10. The van der Waals surface area contributed by atoms with Crippen molar-refractivity contribution in [1.29, 1.82) is 0 Å². The molecule has 5 atom stereocenters. The van der Waals surface area contributed by atoms with Gasteiger partial charge in [-0.05, 0) is 57.4 Å². The number of nitrogens with one attached hydrogen (secondary N) is 1. The van der Waals surface area contributed by atoms with Gasteiger partial charge >= 0.3 is 11.9 Å². The van der Waals surface area contributed by atoms with Crippen LogP contribution in [0.15, 0.2) is 30.3 Å². The van der Waals surface area contributed by atoms with Gasteiger partial charge in [0, 0.05) is 6.04 Å². The minimum absolute atomic E-state index is 0.00629. The van der Waals surface area contributed by atoms with Crippen LogP contribution in [-0.2, 0) is 25.5 Å². The Hall–Kier alpha value is -2.41. The van der Waals surface area contributed by atoms with E-state index in [0.29, 0.717) is 19.3 Å². The molecular weight excluding hydrogens is 384 g/mol. The van der Waals surface area contributed by atoms with Gasteiger partial charge in [0.05, 0.1) is 12.6 Å². The molecule has 0 radical (unpaired) electrons. The van der Waals surface area contributed by atoms with E-state index >= 15 is 0 Å². The first kappa shape index (κ1) is 22.3. The number of esters is 1. The molecule has 2 aliphatic rings. The summed E-state index contributed by atoms with van der Waals surface area (Å²) in [6.07, 6.45) is 4.54.